The fraction of sp³-hybridized carbons (Fsp3) is 0.444. The molecule has 4 aliphatic rings. The lowest BCUT2D eigenvalue weighted by molar-refractivity contribution is -0.384. The van der Waals surface area contributed by atoms with Gasteiger partial charge in [0.25, 0.3) is 5.69 Å². The van der Waals surface area contributed by atoms with E-state index >= 15 is 0 Å². The number of hydrogen-bond donors (Lipinski definition) is 2. The SMILES string of the molecule is C=CCCOC(=O)N(Cc1cccc2ccccc12)[C@H]1CC(=NOCc2ccc([N+](=O)[O-])cc2)C2=C[C@H](CCCCO)[C@@H](CCCCO)[C@@H]3c4cc(OCCN5CC5)ccc4O[C@@]1(OCC=C)[C@H]23. The first-order chi connectivity index (χ1) is 33.3. The van der Waals surface area contributed by atoms with Crippen molar-refractivity contribution in [1.82, 2.24) is 9.80 Å². The van der Waals surface area contributed by atoms with Crippen LogP contribution >= 0.6 is 0 Å². The van der Waals surface area contributed by atoms with Crippen LogP contribution < -0.4 is 9.47 Å². The normalized spacial score (nSPS) is 23.1. The predicted octanol–water partition coefficient (Wildman–Crippen LogP) is 9.49. The molecule has 14 heteroatoms. The van der Waals surface area contributed by atoms with Gasteiger partial charge in [-0.1, -0.05) is 78.7 Å². The number of nitrogens with zero attached hydrogens (tertiary/aromatic N) is 4. The van der Waals surface area contributed by atoms with E-state index in [1.807, 2.05) is 48.5 Å². The van der Waals surface area contributed by atoms with Gasteiger partial charge in [0.05, 0.1) is 36.3 Å². The highest BCUT2D eigenvalue weighted by molar-refractivity contribution is 6.03. The molecule has 2 aliphatic heterocycles. The summed E-state index contributed by atoms with van der Waals surface area (Å²) in [6, 6.07) is 25.5. The van der Waals surface area contributed by atoms with Crippen molar-refractivity contribution in [3.63, 3.8) is 0 Å². The van der Waals surface area contributed by atoms with Crippen LogP contribution in [0.5, 0.6) is 11.5 Å². The number of hydrogen-bond acceptors (Lipinski definition) is 12. The molecule has 4 aromatic carbocycles. The lowest BCUT2D eigenvalue weighted by atomic mass is 9.55. The minimum Gasteiger partial charge on any atom is -0.492 e. The molecule has 0 radical (unpaired) electrons. The number of oxime groups is 1. The first-order valence-corrected chi connectivity index (χ1v) is 24.1. The number of nitro groups is 1. The average molecular weight is 929 g/mol. The summed E-state index contributed by atoms with van der Waals surface area (Å²) >= 11 is 0. The van der Waals surface area contributed by atoms with E-state index in [1.165, 1.54) is 12.1 Å². The van der Waals surface area contributed by atoms with Crippen LogP contribution in [-0.4, -0.2) is 101 Å². The molecule has 8 rings (SSSR count). The summed E-state index contributed by atoms with van der Waals surface area (Å²) in [6.07, 6.45) is 10.2. The third-order valence-electron chi connectivity index (χ3n) is 13.8. The Kier molecular flexibility index (Phi) is 16.2. The number of unbranched alkanes of at least 4 members (excludes halogenated alkanes) is 2. The van der Waals surface area contributed by atoms with Gasteiger partial charge in [-0.25, -0.2) is 4.79 Å². The minimum absolute atomic E-state index is 0.0169. The van der Waals surface area contributed by atoms with E-state index in [0.717, 1.165) is 78.5 Å². The molecular formula is C54H64N4O10. The fourth-order valence-electron chi connectivity index (χ4n) is 10.5. The number of ether oxygens (including phenoxy) is 4. The molecule has 0 spiro atoms. The van der Waals surface area contributed by atoms with Crippen LogP contribution in [0.4, 0.5) is 10.5 Å². The molecule has 68 heavy (non-hydrogen) atoms. The number of allylic oxidation sites excluding steroid dienone is 1. The van der Waals surface area contributed by atoms with Gasteiger partial charge in [-0.3, -0.25) is 19.9 Å². The molecule has 0 bridgehead atoms. The smallest absolute Gasteiger partial charge is 0.410 e. The molecule has 2 fully saturated rings. The monoisotopic (exact) mass is 928 g/mol. The molecule has 0 unspecified atom stereocenters. The molecule has 360 valence electrons. The minimum atomic E-state index is -1.51. The van der Waals surface area contributed by atoms with Gasteiger partial charge in [0.15, 0.2) is 0 Å². The fourth-order valence-corrected chi connectivity index (χ4v) is 10.5. The number of fused-ring (bicyclic) bond motifs is 3. The van der Waals surface area contributed by atoms with Gasteiger partial charge in [0.1, 0.15) is 30.8 Å². The first-order valence-electron chi connectivity index (χ1n) is 24.1. The van der Waals surface area contributed by atoms with E-state index in [-0.39, 0.29) is 69.4 Å². The Morgan fingerprint density at radius 3 is 2.49 bits per heavy atom. The number of carbonyl (C=O) groups excluding carboxylic acids is 1. The Morgan fingerprint density at radius 1 is 0.956 bits per heavy atom. The highest BCUT2D eigenvalue weighted by Gasteiger charge is 2.65. The number of non-ortho nitro benzene ring substituents is 1. The van der Waals surface area contributed by atoms with E-state index in [4.69, 9.17) is 28.9 Å². The van der Waals surface area contributed by atoms with E-state index in [2.05, 4.69) is 36.3 Å². The zero-order valence-electron chi connectivity index (χ0n) is 38.8. The number of nitro benzene ring substituents is 1. The van der Waals surface area contributed by atoms with Gasteiger partial charge in [-0.15, -0.1) is 13.2 Å². The second kappa shape index (κ2) is 22.8. The highest BCUT2D eigenvalue weighted by Crippen LogP contribution is 2.62. The molecule has 1 saturated carbocycles. The van der Waals surface area contributed by atoms with Crippen LogP contribution in [0.3, 0.4) is 0 Å². The third kappa shape index (κ3) is 10.9. The van der Waals surface area contributed by atoms with Crippen LogP contribution in [0.25, 0.3) is 10.8 Å². The maximum absolute atomic E-state index is 15.0. The average Bonchev–Trinajstić information content (AvgIpc) is 4.19. The molecule has 2 N–H and O–H groups in total. The Bertz CT molecular complexity index is 2450. The zero-order valence-corrected chi connectivity index (χ0v) is 38.8. The summed E-state index contributed by atoms with van der Waals surface area (Å²) in [7, 11) is 0. The van der Waals surface area contributed by atoms with Gasteiger partial charge in [0, 0.05) is 62.9 Å². The second-order valence-electron chi connectivity index (χ2n) is 18.1. The lowest BCUT2D eigenvalue weighted by Crippen LogP contribution is -2.70. The van der Waals surface area contributed by atoms with E-state index in [9.17, 15) is 25.1 Å². The predicted molar refractivity (Wildman–Crippen MR) is 260 cm³/mol. The van der Waals surface area contributed by atoms with Crippen molar-refractivity contribution in [2.75, 3.05) is 52.7 Å². The van der Waals surface area contributed by atoms with Gasteiger partial charge < -0.3 is 34.0 Å². The van der Waals surface area contributed by atoms with E-state index in [1.54, 1.807) is 29.2 Å². The van der Waals surface area contributed by atoms with Gasteiger partial charge in [-0.2, -0.15) is 0 Å². The van der Waals surface area contributed by atoms with Gasteiger partial charge in [0.2, 0.25) is 5.79 Å². The Labute approximate surface area is 398 Å². The zero-order chi connectivity index (χ0) is 47.5. The number of aliphatic hydroxyl groups excluding tert-OH is 2. The topological polar surface area (TPSA) is 165 Å². The van der Waals surface area contributed by atoms with Crippen LogP contribution in [0, 0.1) is 27.9 Å². The van der Waals surface area contributed by atoms with Crippen molar-refractivity contribution >= 4 is 28.3 Å². The molecule has 0 aromatic heterocycles. The molecule has 14 nitrogen and oxygen atoms in total. The van der Waals surface area contributed by atoms with Crippen molar-refractivity contribution in [2.45, 2.75) is 82.3 Å². The molecule has 1 amide bonds. The standard InChI is InChI=1S/C54H64N4O10/c1-3-5-31-65-53(61)57(36-41-16-12-15-39-13-6-7-17-44(39)41)50-35-48(55-67-37-38-19-21-42(22-20-38)58(62)63)46-33-40(14-8-10-28-59)45(18-9-11-29-60)51-47-34-43(64-32-27-56-25-26-56)23-24-49(47)68-54(50,52(46)51)66-30-4-2/h3-4,6-7,12-13,15-17,19-24,33-34,40,45,50-52,59-60H,1-2,5,8-11,14,18,25-32,35-37H2/t40-,45+,50-,51+,52+,54+/m0/s1. The largest absolute Gasteiger partial charge is 0.492 e. The Balaban J connectivity index is 1.32. The van der Waals surface area contributed by atoms with Crippen molar-refractivity contribution in [1.29, 1.82) is 0 Å². The molecule has 6 atom stereocenters. The molecule has 1 saturated heterocycles. The summed E-state index contributed by atoms with van der Waals surface area (Å²) < 4.78 is 27.2. The Hall–Kier alpha value is -6.06. The number of carbonyl (C=O) groups is 1. The lowest BCUT2D eigenvalue weighted by Gasteiger charge is -2.60. The molecule has 4 aromatic rings. The van der Waals surface area contributed by atoms with Gasteiger partial charge >= 0.3 is 6.09 Å². The summed E-state index contributed by atoms with van der Waals surface area (Å²) in [5.41, 5.74) is 4.04. The maximum Gasteiger partial charge on any atom is 0.410 e. The second-order valence-corrected chi connectivity index (χ2v) is 18.1. The Morgan fingerprint density at radius 2 is 1.74 bits per heavy atom. The number of rotatable bonds is 25. The maximum atomic E-state index is 15.0. The van der Waals surface area contributed by atoms with Crippen molar-refractivity contribution in [2.24, 2.45) is 22.9 Å². The number of aliphatic hydroxyl groups is 2. The van der Waals surface area contributed by atoms with Crippen molar-refractivity contribution in [3.05, 3.63) is 149 Å². The highest BCUT2D eigenvalue weighted by atomic mass is 16.7. The van der Waals surface area contributed by atoms with Crippen LogP contribution in [-0.2, 0) is 27.5 Å². The van der Waals surface area contributed by atoms with E-state index in [0.29, 0.717) is 42.9 Å². The first kappa shape index (κ1) is 48.4. The number of amides is 1. The number of benzene rings is 4. The molecular weight excluding hydrogens is 865 g/mol. The van der Waals surface area contributed by atoms with Crippen LogP contribution in [0.15, 0.2) is 127 Å². The molecule has 2 aliphatic carbocycles. The van der Waals surface area contributed by atoms with E-state index < -0.39 is 28.8 Å². The van der Waals surface area contributed by atoms with Crippen molar-refractivity contribution < 1.29 is 43.7 Å². The molecule has 2 heterocycles. The van der Waals surface area contributed by atoms with Gasteiger partial charge in [-0.05, 0) is 102 Å². The summed E-state index contributed by atoms with van der Waals surface area (Å²) in [6.45, 7) is 12.0. The van der Waals surface area contributed by atoms with Crippen molar-refractivity contribution in [3.8, 4) is 11.5 Å². The summed E-state index contributed by atoms with van der Waals surface area (Å²) in [4.78, 5) is 36.3. The van der Waals surface area contributed by atoms with Crippen LogP contribution in [0.1, 0.15) is 74.0 Å². The van der Waals surface area contributed by atoms with Crippen LogP contribution in [0.2, 0.25) is 0 Å². The quantitative estimate of drug-likeness (QED) is 0.0214. The summed E-state index contributed by atoms with van der Waals surface area (Å²) in [5.74, 6) is -0.914. The third-order valence-corrected chi connectivity index (χ3v) is 13.8. The summed E-state index contributed by atoms with van der Waals surface area (Å²) in [5, 5.41) is 38.5.